The smallest absolute Gasteiger partial charge is 0.309 e. The number of imide groups is 1. The second-order valence-corrected chi connectivity index (χ2v) is 3.36. The van der Waals surface area contributed by atoms with Crippen molar-refractivity contribution in [2.75, 3.05) is 13.7 Å². The van der Waals surface area contributed by atoms with E-state index in [9.17, 15) is 14.4 Å². The first-order valence-corrected chi connectivity index (χ1v) is 4.62. The van der Waals surface area contributed by atoms with Crippen molar-refractivity contribution in [3.8, 4) is 0 Å². The first kappa shape index (κ1) is 11.6. The number of hydrogen-bond donors (Lipinski definition) is 2. The monoisotopic (exact) mass is 215 g/mol. The molecule has 0 saturated carbocycles. The zero-order valence-electron chi connectivity index (χ0n) is 8.36. The third kappa shape index (κ3) is 2.53. The summed E-state index contributed by atoms with van der Waals surface area (Å²) in [5, 5.41) is 10.9. The molecule has 0 aromatic heterocycles. The van der Waals surface area contributed by atoms with E-state index in [4.69, 9.17) is 5.11 Å². The first-order valence-electron chi connectivity index (χ1n) is 4.62. The Hall–Kier alpha value is -1.43. The molecule has 1 aliphatic rings. The van der Waals surface area contributed by atoms with Gasteiger partial charge in [-0.05, 0) is 6.42 Å². The quantitative estimate of drug-likeness (QED) is 0.456. The summed E-state index contributed by atoms with van der Waals surface area (Å²) in [6.07, 6.45) is 0.0853. The predicted molar refractivity (Wildman–Crippen MR) is 48.5 cm³/mol. The maximum atomic E-state index is 11.4. The van der Waals surface area contributed by atoms with Gasteiger partial charge < -0.3 is 9.84 Å². The second kappa shape index (κ2) is 4.88. The number of carbonyl (C=O) groups excluding carboxylic acids is 3. The van der Waals surface area contributed by atoms with Crippen LogP contribution in [-0.2, 0) is 19.1 Å². The highest BCUT2D eigenvalue weighted by Gasteiger charge is 2.40. The minimum atomic E-state index is -0.775. The van der Waals surface area contributed by atoms with Gasteiger partial charge in [0.25, 0.3) is 0 Å². The standard InChI is InChI=1S/C9H13NO5/c1-15-9(14)6-4-7(12)10-8(13)5(6)2-3-11/h5-6,11H,2-4H2,1H3,(H,10,12,13). The highest BCUT2D eigenvalue weighted by molar-refractivity contribution is 6.02. The summed E-state index contributed by atoms with van der Waals surface area (Å²) in [5.74, 6) is -3.04. The van der Waals surface area contributed by atoms with Crippen molar-refractivity contribution in [1.82, 2.24) is 5.32 Å². The average molecular weight is 215 g/mol. The summed E-state index contributed by atoms with van der Waals surface area (Å²) in [5.41, 5.74) is 0. The molecule has 0 bridgehead atoms. The lowest BCUT2D eigenvalue weighted by molar-refractivity contribution is -0.156. The number of aliphatic hydroxyl groups excluding tert-OH is 1. The van der Waals surface area contributed by atoms with Crippen LogP contribution in [0.2, 0.25) is 0 Å². The molecule has 15 heavy (non-hydrogen) atoms. The number of piperidine rings is 1. The van der Waals surface area contributed by atoms with E-state index in [-0.39, 0.29) is 19.4 Å². The molecule has 0 aromatic carbocycles. The predicted octanol–water partition coefficient (Wildman–Crippen LogP) is -1.18. The lowest BCUT2D eigenvalue weighted by Crippen LogP contribution is -2.48. The van der Waals surface area contributed by atoms with Crippen LogP contribution >= 0.6 is 0 Å². The van der Waals surface area contributed by atoms with Gasteiger partial charge in [0.05, 0.1) is 18.9 Å². The van der Waals surface area contributed by atoms with E-state index in [2.05, 4.69) is 10.1 Å². The van der Waals surface area contributed by atoms with E-state index in [1.807, 2.05) is 0 Å². The third-order valence-electron chi connectivity index (χ3n) is 2.43. The van der Waals surface area contributed by atoms with Crippen molar-refractivity contribution in [2.45, 2.75) is 12.8 Å². The lowest BCUT2D eigenvalue weighted by atomic mass is 9.83. The third-order valence-corrected chi connectivity index (χ3v) is 2.43. The van der Waals surface area contributed by atoms with Crippen molar-refractivity contribution in [2.24, 2.45) is 11.8 Å². The van der Waals surface area contributed by atoms with Crippen LogP contribution < -0.4 is 5.32 Å². The van der Waals surface area contributed by atoms with E-state index in [0.29, 0.717) is 0 Å². The lowest BCUT2D eigenvalue weighted by Gasteiger charge is -2.27. The fourth-order valence-corrected chi connectivity index (χ4v) is 1.68. The highest BCUT2D eigenvalue weighted by Crippen LogP contribution is 2.24. The van der Waals surface area contributed by atoms with Crippen molar-refractivity contribution >= 4 is 17.8 Å². The number of rotatable bonds is 3. The maximum Gasteiger partial charge on any atom is 0.309 e. The summed E-state index contributed by atoms with van der Waals surface area (Å²) in [7, 11) is 1.20. The van der Waals surface area contributed by atoms with Gasteiger partial charge in [0, 0.05) is 13.0 Å². The molecule has 1 rings (SSSR count). The molecule has 2 unspecified atom stereocenters. The highest BCUT2D eigenvalue weighted by atomic mass is 16.5. The fraction of sp³-hybridized carbons (Fsp3) is 0.667. The van der Waals surface area contributed by atoms with Crippen LogP contribution in [-0.4, -0.2) is 36.6 Å². The Bertz CT molecular complexity index is 288. The Kier molecular flexibility index (Phi) is 3.79. The van der Waals surface area contributed by atoms with Crippen LogP contribution in [0, 0.1) is 11.8 Å². The number of ether oxygens (including phenoxy) is 1. The maximum absolute atomic E-state index is 11.4. The van der Waals surface area contributed by atoms with Gasteiger partial charge in [-0.3, -0.25) is 19.7 Å². The van der Waals surface area contributed by atoms with Gasteiger partial charge in [-0.25, -0.2) is 0 Å². The molecule has 1 aliphatic heterocycles. The fourth-order valence-electron chi connectivity index (χ4n) is 1.68. The van der Waals surface area contributed by atoms with E-state index >= 15 is 0 Å². The zero-order chi connectivity index (χ0) is 11.4. The molecule has 6 nitrogen and oxygen atoms in total. The molecule has 1 fully saturated rings. The SMILES string of the molecule is COC(=O)C1CC(=O)NC(=O)C1CCO. The first-order chi connectivity index (χ1) is 7.10. The average Bonchev–Trinajstić information content (AvgIpc) is 2.20. The molecule has 2 amide bonds. The molecule has 6 heteroatoms. The number of amides is 2. The Morgan fingerprint density at radius 3 is 2.80 bits per heavy atom. The van der Waals surface area contributed by atoms with E-state index in [1.165, 1.54) is 7.11 Å². The number of carbonyl (C=O) groups is 3. The molecule has 0 spiro atoms. The van der Waals surface area contributed by atoms with Crippen LogP contribution in [0.25, 0.3) is 0 Å². The molecule has 1 saturated heterocycles. The normalized spacial score (nSPS) is 26.0. The largest absolute Gasteiger partial charge is 0.469 e. The van der Waals surface area contributed by atoms with Gasteiger partial charge >= 0.3 is 5.97 Å². The zero-order valence-corrected chi connectivity index (χ0v) is 8.36. The van der Waals surface area contributed by atoms with Crippen molar-refractivity contribution in [3.05, 3.63) is 0 Å². The Morgan fingerprint density at radius 1 is 1.60 bits per heavy atom. The molecular weight excluding hydrogens is 202 g/mol. The molecule has 0 aromatic rings. The van der Waals surface area contributed by atoms with Gasteiger partial charge in [-0.1, -0.05) is 0 Å². The molecule has 2 N–H and O–H groups in total. The summed E-state index contributed by atoms with van der Waals surface area (Å²) in [6, 6.07) is 0. The second-order valence-electron chi connectivity index (χ2n) is 3.36. The van der Waals surface area contributed by atoms with Crippen molar-refractivity contribution in [1.29, 1.82) is 0 Å². The van der Waals surface area contributed by atoms with Crippen LogP contribution in [0.4, 0.5) is 0 Å². The Balaban J connectivity index is 2.81. The number of methoxy groups -OCH3 is 1. The number of aliphatic hydroxyl groups is 1. The summed E-state index contributed by atoms with van der Waals surface area (Å²) >= 11 is 0. The Morgan fingerprint density at radius 2 is 2.27 bits per heavy atom. The minimum absolute atomic E-state index is 0.0664. The van der Waals surface area contributed by atoms with E-state index < -0.39 is 29.6 Å². The number of nitrogens with one attached hydrogen (secondary N) is 1. The van der Waals surface area contributed by atoms with E-state index in [0.717, 1.165) is 0 Å². The van der Waals surface area contributed by atoms with Gasteiger partial charge in [0.2, 0.25) is 11.8 Å². The molecule has 0 radical (unpaired) electrons. The molecule has 84 valence electrons. The Labute approximate surface area is 86.6 Å². The minimum Gasteiger partial charge on any atom is -0.469 e. The van der Waals surface area contributed by atoms with E-state index in [1.54, 1.807) is 0 Å². The van der Waals surface area contributed by atoms with Gasteiger partial charge in [-0.15, -0.1) is 0 Å². The van der Waals surface area contributed by atoms with Gasteiger partial charge in [-0.2, -0.15) is 0 Å². The number of hydrogen-bond acceptors (Lipinski definition) is 5. The summed E-state index contributed by atoms with van der Waals surface area (Å²) in [6.45, 7) is -0.209. The van der Waals surface area contributed by atoms with Crippen LogP contribution in [0.1, 0.15) is 12.8 Å². The molecule has 2 atom stereocenters. The van der Waals surface area contributed by atoms with Crippen LogP contribution in [0.15, 0.2) is 0 Å². The summed E-state index contributed by atoms with van der Waals surface area (Å²) < 4.78 is 4.51. The van der Waals surface area contributed by atoms with Crippen molar-refractivity contribution in [3.63, 3.8) is 0 Å². The van der Waals surface area contributed by atoms with Gasteiger partial charge in [0.1, 0.15) is 0 Å². The summed E-state index contributed by atoms with van der Waals surface area (Å²) in [4.78, 5) is 33.7. The molecule has 1 heterocycles. The van der Waals surface area contributed by atoms with Crippen LogP contribution in [0.5, 0.6) is 0 Å². The topological polar surface area (TPSA) is 92.7 Å². The van der Waals surface area contributed by atoms with Gasteiger partial charge in [0.15, 0.2) is 0 Å². The van der Waals surface area contributed by atoms with Crippen LogP contribution in [0.3, 0.4) is 0 Å². The molecular formula is C9H13NO5. The molecule has 0 aliphatic carbocycles. The van der Waals surface area contributed by atoms with Crippen molar-refractivity contribution < 1.29 is 24.2 Å². The number of esters is 1.